The molecule has 1 aliphatic heterocycles. The van der Waals surface area contributed by atoms with Crippen LogP contribution in [-0.4, -0.2) is 30.4 Å². The molecule has 0 aromatic rings. The van der Waals surface area contributed by atoms with Crippen LogP contribution in [0.1, 0.15) is 20.3 Å². The Labute approximate surface area is 67.5 Å². The molecule has 0 aliphatic carbocycles. The first-order valence-corrected chi connectivity index (χ1v) is 4.00. The van der Waals surface area contributed by atoms with Gasteiger partial charge < -0.3 is 10.6 Å². The van der Waals surface area contributed by atoms with Crippen molar-refractivity contribution in [2.24, 2.45) is 11.1 Å². The van der Waals surface area contributed by atoms with Gasteiger partial charge in [0.2, 0.25) is 5.91 Å². The van der Waals surface area contributed by atoms with Gasteiger partial charge in [-0.15, -0.1) is 0 Å². The molecule has 1 amide bonds. The van der Waals surface area contributed by atoms with Crippen molar-refractivity contribution in [1.29, 1.82) is 0 Å². The summed E-state index contributed by atoms with van der Waals surface area (Å²) < 4.78 is 0. The Morgan fingerprint density at radius 3 is 2.45 bits per heavy atom. The summed E-state index contributed by atoms with van der Waals surface area (Å²) in [4.78, 5) is 12.7. The summed E-state index contributed by atoms with van der Waals surface area (Å²) >= 11 is 0. The molecule has 1 saturated heterocycles. The van der Waals surface area contributed by atoms with Gasteiger partial charge in [0.15, 0.2) is 0 Å². The fourth-order valence-corrected chi connectivity index (χ4v) is 1.59. The minimum absolute atomic E-state index is 0.199. The summed E-state index contributed by atoms with van der Waals surface area (Å²) in [7, 11) is 0. The Balaban J connectivity index is 2.09. The third-order valence-electron chi connectivity index (χ3n) is 1.98. The van der Waals surface area contributed by atoms with Gasteiger partial charge in [-0.2, -0.15) is 0 Å². The predicted molar refractivity (Wildman–Crippen MR) is 44.0 cm³/mol. The predicted octanol–water partition coefficient (Wildman–Crippen LogP) is 0.204. The van der Waals surface area contributed by atoms with Crippen LogP contribution < -0.4 is 5.73 Å². The molecule has 2 N–H and O–H groups in total. The standard InChI is InChI=1S/C8H16N2O/c1-8(2)5-10(6-8)4-3-7(9)11/h3-6H2,1-2H3,(H2,9,11). The molecular weight excluding hydrogens is 140 g/mol. The molecule has 1 fully saturated rings. The van der Waals surface area contributed by atoms with Gasteiger partial charge in [0, 0.05) is 26.1 Å². The van der Waals surface area contributed by atoms with E-state index in [1.165, 1.54) is 0 Å². The maximum Gasteiger partial charge on any atom is 0.218 e. The number of likely N-dealkylation sites (tertiary alicyclic amines) is 1. The monoisotopic (exact) mass is 156 g/mol. The van der Waals surface area contributed by atoms with E-state index in [1.54, 1.807) is 0 Å². The lowest BCUT2D eigenvalue weighted by Gasteiger charge is -2.45. The number of hydrogen-bond acceptors (Lipinski definition) is 2. The van der Waals surface area contributed by atoms with E-state index >= 15 is 0 Å². The van der Waals surface area contributed by atoms with Crippen molar-refractivity contribution in [1.82, 2.24) is 4.90 Å². The fourth-order valence-electron chi connectivity index (χ4n) is 1.59. The molecule has 0 bridgehead atoms. The van der Waals surface area contributed by atoms with Crippen molar-refractivity contribution in [2.45, 2.75) is 20.3 Å². The first-order chi connectivity index (χ1) is 4.99. The number of primary amides is 1. The molecule has 64 valence electrons. The molecule has 0 saturated carbocycles. The molecule has 11 heavy (non-hydrogen) atoms. The van der Waals surface area contributed by atoms with E-state index in [0.29, 0.717) is 11.8 Å². The first-order valence-electron chi connectivity index (χ1n) is 4.00. The van der Waals surface area contributed by atoms with Crippen LogP contribution in [-0.2, 0) is 4.79 Å². The van der Waals surface area contributed by atoms with Crippen molar-refractivity contribution in [3.8, 4) is 0 Å². The lowest BCUT2D eigenvalue weighted by atomic mass is 9.84. The maximum absolute atomic E-state index is 10.4. The number of hydrogen-bond donors (Lipinski definition) is 1. The topological polar surface area (TPSA) is 46.3 Å². The van der Waals surface area contributed by atoms with Gasteiger partial charge in [0.05, 0.1) is 0 Å². The van der Waals surface area contributed by atoms with E-state index in [-0.39, 0.29) is 5.91 Å². The molecule has 0 spiro atoms. The third-order valence-corrected chi connectivity index (χ3v) is 1.98. The molecule has 0 atom stereocenters. The van der Waals surface area contributed by atoms with E-state index in [9.17, 15) is 4.79 Å². The summed E-state index contributed by atoms with van der Waals surface area (Å²) in [6, 6.07) is 0. The van der Waals surface area contributed by atoms with Gasteiger partial charge >= 0.3 is 0 Å². The van der Waals surface area contributed by atoms with E-state index in [2.05, 4.69) is 18.7 Å². The number of amides is 1. The lowest BCUT2D eigenvalue weighted by molar-refractivity contribution is -0.119. The van der Waals surface area contributed by atoms with Crippen molar-refractivity contribution in [2.75, 3.05) is 19.6 Å². The van der Waals surface area contributed by atoms with Crippen LogP contribution in [0, 0.1) is 5.41 Å². The molecule has 3 nitrogen and oxygen atoms in total. The molecule has 3 heteroatoms. The van der Waals surface area contributed by atoms with Gasteiger partial charge in [-0.1, -0.05) is 13.8 Å². The van der Waals surface area contributed by atoms with Gasteiger partial charge in [-0.3, -0.25) is 4.79 Å². The number of nitrogens with two attached hydrogens (primary N) is 1. The average Bonchev–Trinajstić information content (AvgIpc) is 1.78. The van der Waals surface area contributed by atoms with Crippen LogP contribution in [0.5, 0.6) is 0 Å². The second-order valence-corrected chi connectivity index (χ2v) is 4.09. The first kappa shape index (κ1) is 8.53. The van der Waals surface area contributed by atoms with Gasteiger partial charge in [0.25, 0.3) is 0 Å². The highest BCUT2D eigenvalue weighted by Crippen LogP contribution is 2.28. The van der Waals surface area contributed by atoms with Gasteiger partial charge in [-0.25, -0.2) is 0 Å². The second kappa shape index (κ2) is 2.81. The largest absolute Gasteiger partial charge is 0.370 e. The molecule has 0 aromatic heterocycles. The number of nitrogens with zero attached hydrogens (tertiary/aromatic N) is 1. The maximum atomic E-state index is 10.4. The summed E-state index contributed by atoms with van der Waals surface area (Å²) in [5.41, 5.74) is 5.48. The highest BCUT2D eigenvalue weighted by Gasteiger charge is 2.33. The average molecular weight is 156 g/mol. The van der Waals surface area contributed by atoms with Crippen LogP contribution in [0.15, 0.2) is 0 Å². The van der Waals surface area contributed by atoms with Crippen molar-refractivity contribution >= 4 is 5.91 Å². The summed E-state index contributed by atoms with van der Waals surface area (Å²) in [5, 5.41) is 0. The zero-order valence-corrected chi connectivity index (χ0v) is 7.26. The van der Waals surface area contributed by atoms with Gasteiger partial charge in [0.1, 0.15) is 0 Å². The molecule has 1 rings (SSSR count). The minimum atomic E-state index is -0.199. The fraction of sp³-hybridized carbons (Fsp3) is 0.875. The summed E-state index contributed by atoms with van der Waals surface area (Å²) in [5.74, 6) is -0.199. The van der Waals surface area contributed by atoms with Crippen LogP contribution in [0.4, 0.5) is 0 Å². The smallest absolute Gasteiger partial charge is 0.218 e. The van der Waals surface area contributed by atoms with E-state index in [1.807, 2.05) is 0 Å². The number of carbonyl (C=O) groups excluding carboxylic acids is 1. The molecule has 0 unspecified atom stereocenters. The molecular formula is C8H16N2O. The molecule has 1 aliphatic rings. The summed E-state index contributed by atoms with van der Waals surface area (Å²) in [6.45, 7) is 7.49. The van der Waals surface area contributed by atoms with Crippen molar-refractivity contribution < 1.29 is 4.79 Å². The molecule has 0 radical (unpaired) electrons. The molecule has 0 aromatic carbocycles. The van der Waals surface area contributed by atoms with Crippen LogP contribution >= 0.6 is 0 Å². The Hall–Kier alpha value is -0.570. The van der Waals surface area contributed by atoms with E-state index in [4.69, 9.17) is 5.73 Å². The number of carbonyl (C=O) groups is 1. The van der Waals surface area contributed by atoms with E-state index in [0.717, 1.165) is 19.6 Å². The highest BCUT2D eigenvalue weighted by molar-refractivity contribution is 5.73. The minimum Gasteiger partial charge on any atom is -0.370 e. The third kappa shape index (κ3) is 2.50. The SMILES string of the molecule is CC1(C)CN(CCC(N)=O)C1. The molecule has 1 heterocycles. The Bertz CT molecular complexity index is 157. The Morgan fingerprint density at radius 1 is 1.55 bits per heavy atom. The van der Waals surface area contributed by atoms with Gasteiger partial charge in [-0.05, 0) is 5.41 Å². The summed E-state index contributed by atoms with van der Waals surface area (Å²) in [6.07, 6.45) is 0.496. The highest BCUT2D eigenvalue weighted by atomic mass is 16.1. The Morgan fingerprint density at radius 2 is 2.09 bits per heavy atom. The van der Waals surface area contributed by atoms with Crippen molar-refractivity contribution in [3.05, 3.63) is 0 Å². The van der Waals surface area contributed by atoms with E-state index < -0.39 is 0 Å². The number of rotatable bonds is 3. The van der Waals surface area contributed by atoms with Crippen LogP contribution in [0.25, 0.3) is 0 Å². The Kier molecular flexibility index (Phi) is 2.18. The normalized spacial score (nSPS) is 22.7. The zero-order chi connectivity index (χ0) is 8.48. The zero-order valence-electron chi connectivity index (χ0n) is 7.26. The van der Waals surface area contributed by atoms with Crippen molar-refractivity contribution in [3.63, 3.8) is 0 Å². The van der Waals surface area contributed by atoms with Crippen LogP contribution in [0.3, 0.4) is 0 Å². The second-order valence-electron chi connectivity index (χ2n) is 4.09. The van der Waals surface area contributed by atoms with Crippen LogP contribution in [0.2, 0.25) is 0 Å². The quantitative estimate of drug-likeness (QED) is 0.634. The lowest BCUT2D eigenvalue weighted by Crippen LogP contribution is -2.53.